The van der Waals surface area contributed by atoms with Gasteiger partial charge in [-0.05, 0) is 42.3 Å². The van der Waals surface area contributed by atoms with E-state index in [0.29, 0.717) is 23.1 Å². The van der Waals surface area contributed by atoms with Crippen molar-refractivity contribution < 1.29 is 26.7 Å². The van der Waals surface area contributed by atoms with E-state index < -0.39 is 32.0 Å². The number of carbonyl (C=O) groups is 1. The summed E-state index contributed by atoms with van der Waals surface area (Å²) >= 11 is 0. The predicted molar refractivity (Wildman–Crippen MR) is 97.8 cm³/mol. The summed E-state index contributed by atoms with van der Waals surface area (Å²) < 4.78 is 59.3. The summed E-state index contributed by atoms with van der Waals surface area (Å²) in [6.45, 7) is -0.0342. The first-order valence-corrected chi connectivity index (χ1v) is 10.1. The first-order valence-electron chi connectivity index (χ1n) is 8.62. The van der Waals surface area contributed by atoms with Crippen molar-refractivity contribution >= 4 is 21.6 Å². The number of likely N-dealkylation sites (N-methyl/N-ethyl adjacent to an activating group) is 1. The third-order valence-electron chi connectivity index (χ3n) is 5.50. The first-order chi connectivity index (χ1) is 13.2. The van der Waals surface area contributed by atoms with Crippen molar-refractivity contribution in [2.75, 3.05) is 32.1 Å². The number of rotatable bonds is 3. The molecule has 148 valence electrons. The molecule has 0 aromatic heterocycles. The van der Waals surface area contributed by atoms with Crippen molar-refractivity contribution in [3.63, 3.8) is 0 Å². The summed E-state index contributed by atoms with van der Waals surface area (Å²) in [5, 5.41) is 0. The Morgan fingerprint density at radius 2 is 1.79 bits per heavy atom. The summed E-state index contributed by atoms with van der Waals surface area (Å²) in [5.74, 6) is -1.59. The van der Waals surface area contributed by atoms with E-state index in [1.807, 2.05) is 0 Å². The Morgan fingerprint density at radius 1 is 1.11 bits per heavy atom. The quantitative estimate of drug-likeness (QED) is 0.782. The largest absolute Gasteiger partial charge is 0.497 e. The van der Waals surface area contributed by atoms with Crippen molar-refractivity contribution in [2.45, 2.75) is 16.7 Å². The number of benzene rings is 2. The fraction of sp³-hybridized carbons (Fsp3) is 0.316. The third-order valence-corrected chi connectivity index (χ3v) is 7.33. The molecule has 0 N–H and O–H groups in total. The average Bonchev–Trinajstić information content (AvgIpc) is 3.19. The molecule has 9 heteroatoms. The highest BCUT2D eigenvalue weighted by Gasteiger charge is 2.55. The molecule has 2 aromatic rings. The number of methoxy groups -OCH3 is 1. The number of ether oxygens (including phenoxy) is 1. The van der Waals surface area contributed by atoms with E-state index >= 15 is 0 Å². The van der Waals surface area contributed by atoms with Crippen molar-refractivity contribution in [1.82, 2.24) is 4.31 Å². The molecule has 1 amide bonds. The van der Waals surface area contributed by atoms with Crippen LogP contribution in [0.5, 0.6) is 5.75 Å². The van der Waals surface area contributed by atoms with E-state index in [9.17, 15) is 22.0 Å². The van der Waals surface area contributed by atoms with Gasteiger partial charge in [0.25, 0.3) is 0 Å². The van der Waals surface area contributed by atoms with Crippen LogP contribution in [0.1, 0.15) is 12.0 Å². The molecule has 4 rings (SSSR count). The molecule has 6 nitrogen and oxygen atoms in total. The number of fused-ring (bicyclic) bond motifs is 2. The van der Waals surface area contributed by atoms with Crippen molar-refractivity contribution in [3.05, 3.63) is 53.6 Å². The van der Waals surface area contributed by atoms with Crippen LogP contribution in [0.4, 0.5) is 14.5 Å². The highest BCUT2D eigenvalue weighted by atomic mass is 32.2. The van der Waals surface area contributed by atoms with E-state index in [-0.39, 0.29) is 25.4 Å². The molecule has 0 saturated carbocycles. The molecule has 0 bridgehead atoms. The highest BCUT2D eigenvalue weighted by Crippen LogP contribution is 2.48. The average molecular weight is 408 g/mol. The van der Waals surface area contributed by atoms with E-state index in [4.69, 9.17) is 4.74 Å². The summed E-state index contributed by atoms with van der Waals surface area (Å²) in [6, 6.07) is 7.42. The number of hydrogen-bond acceptors (Lipinski definition) is 4. The topological polar surface area (TPSA) is 66.9 Å². The molecule has 1 spiro atoms. The monoisotopic (exact) mass is 408 g/mol. The number of nitrogens with zero attached hydrogens (tertiary/aromatic N) is 2. The fourth-order valence-electron chi connectivity index (χ4n) is 4.06. The maximum atomic E-state index is 13.5. The van der Waals surface area contributed by atoms with Crippen LogP contribution in [-0.2, 0) is 20.2 Å². The zero-order valence-corrected chi connectivity index (χ0v) is 16.1. The summed E-state index contributed by atoms with van der Waals surface area (Å²) in [6.07, 6.45) is 0.271. The number of sulfonamides is 1. The molecule has 2 aliphatic rings. The van der Waals surface area contributed by atoms with Crippen LogP contribution in [-0.4, -0.2) is 45.9 Å². The van der Waals surface area contributed by atoms with Gasteiger partial charge < -0.3 is 9.64 Å². The molecule has 2 aliphatic heterocycles. The molecule has 1 unspecified atom stereocenters. The maximum absolute atomic E-state index is 13.5. The minimum absolute atomic E-state index is 0.0662. The van der Waals surface area contributed by atoms with Gasteiger partial charge in [0.05, 0.1) is 17.4 Å². The number of anilines is 1. The lowest BCUT2D eigenvalue weighted by molar-refractivity contribution is -0.122. The number of hydrogen-bond donors (Lipinski definition) is 0. The van der Waals surface area contributed by atoms with Gasteiger partial charge in [-0.25, -0.2) is 17.2 Å². The molecule has 1 atom stereocenters. The summed E-state index contributed by atoms with van der Waals surface area (Å²) in [7, 11) is -1.00. The van der Waals surface area contributed by atoms with Crippen LogP contribution in [0.25, 0.3) is 0 Å². The smallest absolute Gasteiger partial charge is 0.243 e. The van der Waals surface area contributed by atoms with Crippen LogP contribution in [0.3, 0.4) is 0 Å². The standard InChI is InChI=1S/C19H18F2N2O4S/c1-22-17-4-3-14(27-2)10-16(17)19(18(22)24)5-6-23(11-19)28(25,26)15-8-12(20)7-13(21)9-15/h3-4,7-10H,5-6,11H2,1-2H3. The first kappa shape index (κ1) is 18.8. The van der Waals surface area contributed by atoms with Crippen LogP contribution in [0.2, 0.25) is 0 Å². The molecule has 2 heterocycles. The minimum atomic E-state index is -4.15. The Hall–Kier alpha value is -2.52. The van der Waals surface area contributed by atoms with Crippen molar-refractivity contribution in [2.24, 2.45) is 0 Å². The third kappa shape index (κ3) is 2.61. The molecular weight excluding hydrogens is 390 g/mol. The van der Waals surface area contributed by atoms with E-state index in [2.05, 4.69) is 0 Å². The van der Waals surface area contributed by atoms with Crippen molar-refractivity contribution in [3.8, 4) is 5.75 Å². The molecular formula is C19H18F2N2O4S. The molecule has 0 aliphatic carbocycles. The zero-order chi connectivity index (χ0) is 20.3. The predicted octanol–water partition coefficient (Wildman–Crippen LogP) is 2.28. The SMILES string of the molecule is COc1ccc2c(c1)C1(CCN(S(=O)(=O)c3cc(F)cc(F)c3)C1)C(=O)N2C. The second-order valence-electron chi connectivity index (χ2n) is 7.02. The Labute approximate surface area is 161 Å². The van der Waals surface area contributed by atoms with Crippen LogP contribution >= 0.6 is 0 Å². The second-order valence-corrected chi connectivity index (χ2v) is 8.96. The highest BCUT2D eigenvalue weighted by molar-refractivity contribution is 7.89. The Kier molecular flexibility index (Phi) is 4.20. The molecule has 0 radical (unpaired) electrons. The van der Waals surface area contributed by atoms with Gasteiger partial charge in [0.2, 0.25) is 15.9 Å². The summed E-state index contributed by atoms with van der Waals surface area (Å²) in [5.41, 5.74) is 0.349. The van der Waals surface area contributed by atoms with Crippen LogP contribution in [0.15, 0.2) is 41.3 Å². The van der Waals surface area contributed by atoms with Gasteiger partial charge in [0.1, 0.15) is 17.4 Å². The van der Waals surface area contributed by atoms with Gasteiger partial charge >= 0.3 is 0 Å². The van der Waals surface area contributed by atoms with Gasteiger partial charge in [-0.3, -0.25) is 4.79 Å². The molecule has 2 aromatic carbocycles. The number of amides is 1. The van der Waals surface area contributed by atoms with Crippen LogP contribution in [0, 0.1) is 11.6 Å². The number of carbonyl (C=O) groups excluding carboxylic acids is 1. The van der Waals surface area contributed by atoms with Gasteiger partial charge in [-0.1, -0.05) is 0 Å². The molecule has 1 saturated heterocycles. The summed E-state index contributed by atoms with van der Waals surface area (Å²) in [4.78, 5) is 14.1. The normalized spacial score (nSPS) is 22.1. The fourth-order valence-corrected chi connectivity index (χ4v) is 5.61. The number of halogens is 2. The van der Waals surface area contributed by atoms with Gasteiger partial charge in [-0.2, -0.15) is 4.31 Å². The van der Waals surface area contributed by atoms with Gasteiger partial charge in [0.15, 0.2) is 0 Å². The Balaban J connectivity index is 1.75. The van der Waals surface area contributed by atoms with E-state index in [1.54, 1.807) is 25.2 Å². The zero-order valence-electron chi connectivity index (χ0n) is 15.3. The van der Waals surface area contributed by atoms with Gasteiger partial charge in [-0.15, -0.1) is 0 Å². The lowest BCUT2D eigenvalue weighted by atomic mass is 9.81. The van der Waals surface area contributed by atoms with Crippen LogP contribution < -0.4 is 9.64 Å². The Morgan fingerprint density at radius 3 is 2.43 bits per heavy atom. The molecule has 28 heavy (non-hydrogen) atoms. The van der Waals surface area contributed by atoms with E-state index in [1.165, 1.54) is 12.0 Å². The lowest BCUT2D eigenvalue weighted by Gasteiger charge is -2.23. The van der Waals surface area contributed by atoms with E-state index in [0.717, 1.165) is 16.4 Å². The lowest BCUT2D eigenvalue weighted by Crippen LogP contribution is -2.42. The maximum Gasteiger partial charge on any atom is 0.243 e. The van der Waals surface area contributed by atoms with Gasteiger partial charge in [0, 0.05) is 31.9 Å². The minimum Gasteiger partial charge on any atom is -0.497 e. The van der Waals surface area contributed by atoms with Crippen molar-refractivity contribution in [1.29, 1.82) is 0 Å². The Bertz CT molecular complexity index is 1070. The molecule has 1 fully saturated rings. The second kappa shape index (κ2) is 6.25.